The van der Waals surface area contributed by atoms with Crippen LogP contribution in [-0.4, -0.2) is 0 Å². The molecule has 106 valence electrons. The Labute approximate surface area is 126 Å². The van der Waals surface area contributed by atoms with Crippen LogP contribution < -0.4 is 0 Å². The molecule has 0 fully saturated rings. The van der Waals surface area contributed by atoms with E-state index in [9.17, 15) is 17.6 Å². The monoisotopic (exact) mass is 366 g/mol. The summed E-state index contributed by atoms with van der Waals surface area (Å²) in [6.45, 7) is 0. The van der Waals surface area contributed by atoms with Crippen molar-refractivity contribution >= 4 is 27.5 Å². The van der Waals surface area contributed by atoms with Crippen LogP contribution in [-0.2, 0) is 6.42 Å². The molecule has 0 aromatic heterocycles. The Kier molecular flexibility index (Phi) is 4.70. The molecule has 0 heterocycles. The molecule has 0 spiro atoms. The highest BCUT2D eigenvalue weighted by atomic mass is 79.9. The second-order valence-corrected chi connectivity index (χ2v) is 5.71. The fraction of sp³-hybridized carbons (Fsp3) is 0.143. The lowest BCUT2D eigenvalue weighted by Gasteiger charge is -2.13. The predicted molar refractivity (Wildman–Crippen MR) is 73.1 cm³/mol. The van der Waals surface area contributed by atoms with Gasteiger partial charge in [0.05, 0.1) is 5.02 Å². The van der Waals surface area contributed by atoms with Crippen molar-refractivity contribution in [2.45, 2.75) is 11.2 Å². The van der Waals surface area contributed by atoms with Crippen molar-refractivity contribution in [3.63, 3.8) is 0 Å². The summed E-state index contributed by atoms with van der Waals surface area (Å²) in [5.41, 5.74) is 0.221. The van der Waals surface area contributed by atoms with Crippen molar-refractivity contribution in [1.82, 2.24) is 0 Å². The molecule has 2 rings (SSSR count). The number of alkyl halides is 1. The lowest BCUT2D eigenvalue weighted by Crippen LogP contribution is -2.02. The van der Waals surface area contributed by atoms with Gasteiger partial charge in [0.2, 0.25) is 0 Å². The summed E-state index contributed by atoms with van der Waals surface area (Å²) in [5.74, 6) is -2.88. The molecule has 0 bridgehead atoms. The number of hydrogen-bond acceptors (Lipinski definition) is 0. The Balaban J connectivity index is 2.28. The van der Waals surface area contributed by atoms with Crippen molar-refractivity contribution in [3.05, 3.63) is 69.8 Å². The third-order valence-electron chi connectivity index (χ3n) is 2.79. The standard InChI is InChI=1S/C14H8BrClF4/c15-10(3-7-1-2-8(17)4-12(7)18)9-5-14(20)11(16)6-13(9)19/h1-2,4-6,10H,3H2. The van der Waals surface area contributed by atoms with E-state index in [-0.39, 0.29) is 22.6 Å². The normalized spacial score (nSPS) is 12.5. The van der Waals surface area contributed by atoms with Gasteiger partial charge in [-0.05, 0) is 30.2 Å². The summed E-state index contributed by atoms with van der Waals surface area (Å²) in [6, 6.07) is 4.94. The van der Waals surface area contributed by atoms with E-state index >= 15 is 0 Å². The van der Waals surface area contributed by atoms with E-state index in [0.717, 1.165) is 24.3 Å². The summed E-state index contributed by atoms with van der Waals surface area (Å²) in [4.78, 5) is -0.658. The number of benzene rings is 2. The zero-order valence-electron chi connectivity index (χ0n) is 9.94. The average Bonchev–Trinajstić information content (AvgIpc) is 2.37. The van der Waals surface area contributed by atoms with Crippen LogP contribution in [0.1, 0.15) is 16.0 Å². The fourth-order valence-electron chi connectivity index (χ4n) is 1.77. The summed E-state index contributed by atoms with van der Waals surface area (Å²) in [6.07, 6.45) is 0.0457. The van der Waals surface area contributed by atoms with E-state index < -0.39 is 28.1 Å². The minimum atomic E-state index is -0.757. The van der Waals surface area contributed by atoms with E-state index in [0.29, 0.717) is 0 Å². The molecule has 1 unspecified atom stereocenters. The van der Waals surface area contributed by atoms with Gasteiger partial charge in [0.25, 0.3) is 0 Å². The van der Waals surface area contributed by atoms with Gasteiger partial charge < -0.3 is 0 Å². The molecule has 0 saturated carbocycles. The van der Waals surface area contributed by atoms with Gasteiger partial charge in [-0.2, -0.15) is 0 Å². The Morgan fingerprint density at radius 1 is 0.950 bits per heavy atom. The van der Waals surface area contributed by atoms with Crippen LogP contribution >= 0.6 is 27.5 Å². The number of hydrogen-bond donors (Lipinski definition) is 0. The zero-order chi connectivity index (χ0) is 14.9. The molecule has 2 aromatic rings. The number of rotatable bonds is 3. The summed E-state index contributed by atoms with van der Waals surface area (Å²) in [7, 11) is 0. The first-order chi connectivity index (χ1) is 9.38. The van der Waals surface area contributed by atoms with E-state index in [2.05, 4.69) is 15.9 Å². The van der Waals surface area contributed by atoms with Crippen molar-refractivity contribution in [2.24, 2.45) is 0 Å². The Morgan fingerprint density at radius 3 is 2.30 bits per heavy atom. The van der Waals surface area contributed by atoms with E-state index in [1.165, 1.54) is 6.07 Å². The van der Waals surface area contributed by atoms with Gasteiger partial charge in [0, 0.05) is 16.5 Å². The van der Waals surface area contributed by atoms with Gasteiger partial charge in [-0.25, -0.2) is 17.6 Å². The highest BCUT2D eigenvalue weighted by molar-refractivity contribution is 9.09. The summed E-state index contributed by atoms with van der Waals surface area (Å²) < 4.78 is 53.4. The van der Waals surface area contributed by atoms with Crippen LogP contribution in [0.15, 0.2) is 30.3 Å². The van der Waals surface area contributed by atoms with Crippen LogP contribution in [0.5, 0.6) is 0 Å². The van der Waals surface area contributed by atoms with Crippen LogP contribution in [0.4, 0.5) is 17.6 Å². The second kappa shape index (κ2) is 6.14. The lowest BCUT2D eigenvalue weighted by atomic mass is 10.0. The van der Waals surface area contributed by atoms with Crippen molar-refractivity contribution in [1.29, 1.82) is 0 Å². The Morgan fingerprint density at radius 2 is 1.65 bits per heavy atom. The molecule has 0 nitrogen and oxygen atoms in total. The maximum atomic E-state index is 13.7. The first kappa shape index (κ1) is 15.3. The fourth-order valence-corrected chi connectivity index (χ4v) is 2.62. The molecular formula is C14H8BrClF4. The van der Waals surface area contributed by atoms with Crippen LogP contribution in [0.3, 0.4) is 0 Å². The minimum absolute atomic E-state index is 0.0237. The van der Waals surface area contributed by atoms with E-state index in [1.54, 1.807) is 0 Å². The van der Waals surface area contributed by atoms with E-state index in [4.69, 9.17) is 11.6 Å². The highest BCUT2D eigenvalue weighted by Crippen LogP contribution is 2.32. The minimum Gasteiger partial charge on any atom is -0.207 e. The Bertz CT molecular complexity index is 645. The zero-order valence-corrected chi connectivity index (χ0v) is 12.3. The molecule has 20 heavy (non-hydrogen) atoms. The van der Waals surface area contributed by atoms with Gasteiger partial charge in [0.15, 0.2) is 0 Å². The topological polar surface area (TPSA) is 0 Å². The largest absolute Gasteiger partial charge is 0.207 e. The van der Waals surface area contributed by atoms with Gasteiger partial charge >= 0.3 is 0 Å². The number of halogens is 6. The van der Waals surface area contributed by atoms with Crippen LogP contribution in [0.25, 0.3) is 0 Å². The van der Waals surface area contributed by atoms with Gasteiger partial charge in [-0.15, -0.1) is 0 Å². The first-order valence-corrected chi connectivity index (χ1v) is 6.90. The molecule has 0 aliphatic heterocycles. The van der Waals surface area contributed by atoms with Crippen molar-refractivity contribution in [2.75, 3.05) is 0 Å². The lowest BCUT2D eigenvalue weighted by molar-refractivity contribution is 0.565. The molecule has 0 aliphatic rings. The second-order valence-electron chi connectivity index (χ2n) is 4.20. The van der Waals surface area contributed by atoms with Gasteiger partial charge in [0.1, 0.15) is 23.3 Å². The molecule has 0 aliphatic carbocycles. The molecule has 1 atom stereocenters. The molecule has 0 saturated heterocycles. The smallest absolute Gasteiger partial charge is 0.142 e. The SMILES string of the molecule is Fc1ccc(CC(Br)c2cc(F)c(Cl)cc2F)c(F)c1. The predicted octanol–water partition coefficient (Wildman–Crippen LogP) is 5.58. The van der Waals surface area contributed by atoms with Gasteiger partial charge in [-0.1, -0.05) is 33.6 Å². The first-order valence-electron chi connectivity index (χ1n) is 5.61. The van der Waals surface area contributed by atoms with Crippen LogP contribution in [0.2, 0.25) is 5.02 Å². The quantitative estimate of drug-likeness (QED) is 0.378. The molecular weight excluding hydrogens is 360 g/mol. The maximum absolute atomic E-state index is 13.7. The summed E-state index contributed by atoms with van der Waals surface area (Å²) >= 11 is 8.64. The molecule has 6 heteroatoms. The molecule has 0 radical (unpaired) electrons. The molecule has 0 amide bonds. The third kappa shape index (κ3) is 3.33. The van der Waals surface area contributed by atoms with Gasteiger partial charge in [-0.3, -0.25) is 0 Å². The molecule has 2 aromatic carbocycles. The summed E-state index contributed by atoms with van der Waals surface area (Å²) in [5, 5.41) is -0.320. The van der Waals surface area contributed by atoms with Crippen molar-refractivity contribution in [3.8, 4) is 0 Å². The highest BCUT2D eigenvalue weighted by Gasteiger charge is 2.18. The Hall–Kier alpha value is -1.07. The van der Waals surface area contributed by atoms with E-state index in [1.807, 2.05) is 0 Å². The van der Waals surface area contributed by atoms with Crippen LogP contribution in [0, 0.1) is 23.3 Å². The average molecular weight is 368 g/mol. The maximum Gasteiger partial charge on any atom is 0.142 e. The third-order valence-corrected chi connectivity index (χ3v) is 3.90. The molecule has 0 N–H and O–H groups in total. The van der Waals surface area contributed by atoms with Crippen molar-refractivity contribution < 1.29 is 17.6 Å².